The summed E-state index contributed by atoms with van der Waals surface area (Å²) in [6.07, 6.45) is 0.425. The molecule has 0 saturated carbocycles. The Kier molecular flexibility index (Phi) is 4.43. The Morgan fingerprint density at radius 3 is 2.56 bits per heavy atom. The van der Waals surface area contributed by atoms with E-state index in [1.54, 1.807) is 6.92 Å². The van der Waals surface area contributed by atoms with Crippen molar-refractivity contribution in [1.82, 2.24) is 5.32 Å². The first-order valence-corrected chi connectivity index (χ1v) is 5.62. The Balaban J connectivity index is 2.63. The van der Waals surface area contributed by atoms with Gasteiger partial charge in [-0.15, -0.1) is 0 Å². The first kappa shape index (κ1) is 12.6. The van der Waals surface area contributed by atoms with Gasteiger partial charge in [-0.3, -0.25) is 4.79 Å². The third kappa shape index (κ3) is 3.62. The highest BCUT2D eigenvalue weighted by molar-refractivity contribution is 7.80. The Labute approximate surface area is 101 Å². The summed E-state index contributed by atoms with van der Waals surface area (Å²) in [6, 6.07) is 5.95. The van der Waals surface area contributed by atoms with Crippen LogP contribution in [0.3, 0.4) is 0 Å². The number of rotatable bonds is 2. The van der Waals surface area contributed by atoms with E-state index < -0.39 is 0 Å². The van der Waals surface area contributed by atoms with Crippen molar-refractivity contribution >= 4 is 28.9 Å². The molecule has 0 aliphatic heterocycles. The lowest BCUT2D eigenvalue weighted by atomic mass is 10.1. The van der Waals surface area contributed by atoms with Gasteiger partial charge >= 0.3 is 0 Å². The zero-order valence-electron chi connectivity index (χ0n) is 9.76. The van der Waals surface area contributed by atoms with Crippen molar-refractivity contribution in [3.8, 4) is 0 Å². The zero-order chi connectivity index (χ0) is 12.1. The van der Waals surface area contributed by atoms with E-state index in [0.717, 1.165) is 5.69 Å². The molecule has 16 heavy (non-hydrogen) atoms. The number of carbonyl (C=O) groups excluding carboxylic acids is 1. The highest BCUT2D eigenvalue weighted by Gasteiger charge is 2.02. The van der Waals surface area contributed by atoms with E-state index in [0.29, 0.717) is 11.5 Å². The maximum absolute atomic E-state index is 11.1. The minimum atomic E-state index is -0.0821. The summed E-state index contributed by atoms with van der Waals surface area (Å²) >= 11 is 5.01. The molecule has 0 fully saturated rings. The smallest absolute Gasteiger partial charge is 0.225 e. The number of anilines is 1. The molecule has 0 bridgehead atoms. The van der Waals surface area contributed by atoms with Crippen LogP contribution < -0.4 is 10.6 Å². The number of thiocarbonyl (C=S) groups is 1. The van der Waals surface area contributed by atoms with E-state index in [1.807, 2.05) is 25.1 Å². The standard InChI is InChI=1S/C12H16N2OS/c1-4-11(15)14-12(16)13-10-6-5-8(2)9(3)7-10/h5-7H,4H2,1-3H3,(H2,13,14,15,16). The normalized spacial score (nSPS) is 9.69. The van der Waals surface area contributed by atoms with Gasteiger partial charge in [-0.2, -0.15) is 0 Å². The second-order valence-corrected chi connectivity index (χ2v) is 4.06. The van der Waals surface area contributed by atoms with E-state index in [1.165, 1.54) is 11.1 Å². The summed E-state index contributed by atoms with van der Waals surface area (Å²) in [5, 5.41) is 5.91. The van der Waals surface area contributed by atoms with Crippen molar-refractivity contribution in [1.29, 1.82) is 0 Å². The molecule has 1 aromatic carbocycles. The van der Waals surface area contributed by atoms with Crippen molar-refractivity contribution in [3.63, 3.8) is 0 Å². The van der Waals surface area contributed by atoms with Crippen LogP contribution in [0.2, 0.25) is 0 Å². The second-order valence-electron chi connectivity index (χ2n) is 3.65. The largest absolute Gasteiger partial charge is 0.332 e. The van der Waals surface area contributed by atoms with Gasteiger partial charge in [0.2, 0.25) is 5.91 Å². The summed E-state index contributed by atoms with van der Waals surface area (Å²) in [4.78, 5) is 11.1. The predicted octanol–water partition coefficient (Wildman–Crippen LogP) is 2.53. The molecule has 0 aliphatic carbocycles. The Morgan fingerprint density at radius 2 is 2.00 bits per heavy atom. The van der Waals surface area contributed by atoms with E-state index >= 15 is 0 Å². The van der Waals surface area contributed by atoms with Crippen LogP contribution in [0.15, 0.2) is 18.2 Å². The molecular formula is C12H16N2OS. The van der Waals surface area contributed by atoms with Gasteiger partial charge in [0.05, 0.1) is 0 Å². The minimum Gasteiger partial charge on any atom is -0.332 e. The molecule has 0 aromatic heterocycles. The van der Waals surface area contributed by atoms with Crippen LogP contribution in [0.1, 0.15) is 24.5 Å². The third-order valence-electron chi connectivity index (χ3n) is 2.34. The fourth-order valence-electron chi connectivity index (χ4n) is 1.20. The molecule has 0 spiro atoms. The monoisotopic (exact) mass is 236 g/mol. The minimum absolute atomic E-state index is 0.0821. The van der Waals surface area contributed by atoms with Crippen LogP contribution in [-0.2, 0) is 4.79 Å². The molecule has 0 saturated heterocycles. The highest BCUT2D eigenvalue weighted by Crippen LogP contribution is 2.13. The van der Waals surface area contributed by atoms with Crippen LogP contribution in [0, 0.1) is 13.8 Å². The number of nitrogens with one attached hydrogen (secondary N) is 2. The van der Waals surface area contributed by atoms with Crippen LogP contribution in [0.25, 0.3) is 0 Å². The lowest BCUT2D eigenvalue weighted by Gasteiger charge is -2.10. The first-order valence-electron chi connectivity index (χ1n) is 5.21. The molecule has 1 amide bonds. The number of hydrogen-bond acceptors (Lipinski definition) is 2. The van der Waals surface area contributed by atoms with Gasteiger partial charge < -0.3 is 10.6 Å². The maximum atomic E-state index is 11.1. The quantitative estimate of drug-likeness (QED) is 0.775. The molecule has 4 heteroatoms. The summed E-state index contributed by atoms with van der Waals surface area (Å²) in [7, 11) is 0. The molecule has 0 aliphatic rings. The molecule has 0 radical (unpaired) electrons. The summed E-state index contributed by atoms with van der Waals surface area (Å²) < 4.78 is 0. The molecule has 0 atom stereocenters. The molecular weight excluding hydrogens is 220 g/mol. The van der Waals surface area contributed by atoms with Gasteiger partial charge in [0, 0.05) is 12.1 Å². The average Bonchev–Trinajstić information content (AvgIpc) is 2.23. The van der Waals surface area contributed by atoms with E-state index in [4.69, 9.17) is 12.2 Å². The number of amides is 1. The molecule has 3 nitrogen and oxygen atoms in total. The topological polar surface area (TPSA) is 41.1 Å². The number of hydrogen-bond donors (Lipinski definition) is 2. The maximum Gasteiger partial charge on any atom is 0.225 e. The predicted molar refractivity (Wildman–Crippen MR) is 70.6 cm³/mol. The van der Waals surface area contributed by atoms with Crippen molar-refractivity contribution in [2.24, 2.45) is 0 Å². The molecule has 1 rings (SSSR count). The molecule has 0 heterocycles. The van der Waals surface area contributed by atoms with Crippen molar-refractivity contribution in [2.45, 2.75) is 27.2 Å². The first-order chi connectivity index (χ1) is 7.52. The third-order valence-corrected chi connectivity index (χ3v) is 2.54. The Morgan fingerprint density at radius 1 is 1.31 bits per heavy atom. The number of benzene rings is 1. The van der Waals surface area contributed by atoms with Crippen LogP contribution in [0.5, 0.6) is 0 Å². The van der Waals surface area contributed by atoms with Crippen LogP contribution in [-0.4, -0.2) is 11.0 Å². The summed E-state index contributed by atoms with van der Waals surface area (Å²) in [6.45, 7) is 5.87. The van der Waals surface area contributed by atoms with E-state index in [-0.39, 0.29) is 5.91 Å². The number of carbonyl (C=O) groups is 1. The summed E-state index contributed by atoms with van der Waals surface area (Å²) in [5.41, 5.74) is 3.31. The molecule has 0 unspecified atom stereocenters. The SMILES string of the molecule is CCC(=O)NC(=S)Nc1ccc(C)c(C)c1. The molecule has 1 aromatic rings. The van der Waals surface area contributed by atoms with Gasteiger partial charge in [0.1, 0.15) is 0 Å². The summed E-state index contributed by atoms with van der Waals surface area (Å²) in [5.74, 6) is -0.0821. The zero-order valence-corrected chi connectivity index (χ0v) is 10.6. The van der Waals surface area contributed by atoms with E-state index in [2.05, 4.69) is 17.6 Å². The molecule has 2 N–H and O–H groups in total. The Bertz CT molecular complexity index is 415. The van der Waals surface area contributed by atoms with Gasteiger partial charge in [-0.1, -0.05) is 13.0 Å². The van der Waals surface area contributed by atoms with Crippen molar-refractivity contribution in [3.05, 3.63) is 29.3 Å². The lowest BCUT2D eigenvalue weighted by molar-refractivity contribution is -0.119. The van der Waals surface area contributed by atoms with E-state index in [9.17, 15) is 4.79 Å². The van der Waals surface area contributed by atoms with Gasteiger partial charge in [0.25, 0.3) is 0 Å². The Hall–Kier alpha value is -1.42. The van der Waals surface area contributed by atoms with Gasteiger partial charge in [-0.05, 0) is 49.3 Å². The fourth-order valence-corrected chi connectivity index (χ4v) is 1.43. The molecule has 86 valence electrons. The average molecular weight is 236 g/mol. The lowest BCUT2D eigenvalue weighted by Crippen LogP contribution is -2.33. The fraction of sp³-hybridized carbons (Fsp3) is 0.333. The number of aryl methyl sites for hydroxylation is 2. The van der Waals surface area contributed by atoms with Gasteiger partial charge in [0.15, 0.2) is 5.11 Å². The van der Waals surface area contributed by atoms with Crippen LogP contribution in [0.4, 0.5) is 5.69 Å². The highest BCUT2D eigenvalue weighted by atomic mass is 32.1. The van der Waals surface area contributed by atoms with Crippen molar-refractivity contribution < 1.29 is 4.79 Å². The van der Waals surface area contributed by atoms with Crippen LogP contribution >= 0.6 is 12.2 Å². The second kappa shape index (κ2) is 5.61. The van der Waals surface area contributed by atoms with Crippen molar-refractivity contribution in [2.75, 3.05) is 5.32 Å². The van der Waals surface area contributed by atoms with Gasteiger partial charge in [-0.25, -0.2) is 0 Å².